The van der Waals surface area contributed by atoms with E-state index in [4.69, 9.17) is 4.74 Å². The SMILES string of the molecule is CCCc1cnc2c(c1SCC(=O)NC[C@H]1CCCO1)c(=O)n(C)c(=O)n2C. The van der Waals surface area contributed by atoms with Crippen LogP contribution in [-0.4, -0.2) is 45.0 Å². The van der Waals surface area contributed by atoms with Crippen molar-refractivity contribution < 1.29 is 9.53 Å². The third-order valence-electron chi connectivity index (χ3n) is 4.91. The number of carbonyl (C=O) groups is 1. The molecule has 3 rings (SSSR count). The number of nitrogens with zero attached hydrogens (tertiary/aromatic N) is 3. The molecule has 8 nitrogen and oxygen atoms in total. The fourth-order valence-corrected chi connectivity index (χ4v) is 4.42. The molecule has 1 aliphatic heterocycles. The van der Waals surface area contributed by atoms with Gasteiger partial charge in [0.05, 0.1) is 17.2 Å². The summed E-state index contributed by atoms with van der Waals surface area (Å²) >= 11 is 1.32. The van der Waals surface area contributed by atoms with Crippen molar-refractivity contribution in [1.82, 2.24) is 19.4 Å². The van der Waals surface area contributed by atoms with E-state index in [1.165, 1.54) is 23.4 Å². The van der Waals surface area contributed by atoms with Crippen molar-refractivity contribution in [3.63, 3.8) is 0 Å². The van der Waals surface area contributed by atoms with Gasteiger partial charge in [0, 0.05) is 38.3 Å². The lowest BCUT2D eigenvalue weighted by atomic mass is 10.1. The lowest BCUT2D eigenvalue weighted by Crippen LogP contribution is -2.37. The van der Waals surface area contributed by atoms with E-state index < -0.39 is 5.69 Å². The van der Waals surface area contributed by atoms with E-state index in [2.05, 4.69) is 10.3 Å². The summed E-state index contributed by atoms with van der Waals surface area (Å²) in [5.74, 6) is 0.0868. The van der Waals surface area contributed by atoms with Gasteiger partial charge in [-0.2, -0.15) is 0 Å². The summed E-state index contributed by atoms with van der Waals surface area (Å²) < 4.78 is 7.98. The van der Waals surface area contributed by atoms with Crippen LogP contribution in [0, 0.1) is 0 Å². The summed E-state index contributed by atoms with van der Waals surface area (Å²) in [5.41, 5.74) is 0.460. The van der Waals surface area contributed by atoms with E-state index in [-0.39, 0.29) is 23.3 Å². The Morgan fingerprint density at radius 2 is 2.14 bits per heavy atom. The van der Waals surface area contributed by atoms with E-state index in [0.29, 0.717) is 17.6 Å². The third-order valence-corrected chi connectivity index (χ3v) is 6.07. The molecular weight excluding hydrogens is 380 g/mol. The summed E-state index contributed by atoms with van der Waals surface area (Å²) in [6.45, 7) is 3.31. The molecule has 1 saturated heterocycles. The number of hydrogen-bond acceptors (Lipinski definition) is 6. The van der Waals surface area contributed by atoms with Gasteiger partial charge < -0.3 is 10.1 Å². The van der Waals surface area contributed by atoms with Gasteiger partial charge in [-0.1, -0.05) is 13.3 Å². The minimum Gasteiger partial charge on any atom is -0.376 e. The van der Waals surface area contributed by atoms with Gasteiger partial charge in [0.25, 0.3) is 5.56 Å². The molecule has 2 aromatic heterocycles. The highest BCUT2D eigenvalue weighted by Crippen LogP contribution is 2.28. The molecule has 1 N–H and O–H groups in total. The van der Waals surface area contributed by atoms with Crippen molar-refractivity contribution in [2.75, 3.05) is 18.9 Å². The van der Waals surface area contributed by atoms with Crippen LogP contribution in [0.25, 0.3) is 11.0 Å². The molecule has 0 bridgehead atoms. The molecule has 0 aromatic carbocycles. The van der Waals surface area contributed by atoms with E-state index in [1.807, 2.05) is 6.92 Å². The first-order chi connectivity index (χ1) is 13.4. The highest BCUT2D eigenvalue weighted by molar-refractivity contribution is 8.00. The second-order valence-electron chi connectivity index (χ2n) is 6.99. The number of ether oxygens (including phenoxy) is 1. The van der Waals surface area contributed by atoms with E-state index in [9.17, 15) is 14.4 Å². The van der Waals surface area contributed by atoms with Crippen molar-refractivity contribution in [2.24, 2.45) is 14.1 Å². The van der Waals surface area contributed by atoms with Gasteiger partial charge in [0.1, 0.15) is 5.65 Å². The number of pyridine rings is 1. The van der Waals surface area contributed by atoms with Crippen LogP contribution in [0.2, 0.25) is 0 Å². The van der Waals surface area contributed by atoms with Gasteiger partial charge >= 0.3 is 5.69 Å². The average Bonchev–Trinajstić information content (AvgIpc) is 3.21. The predicted molar refractivity (Wildman–Crippen MR) is 109 cm³/mol. The Labute approximate surface area is 167 Å². The van der Waals surface area contributed by atoms with Crippen LogP contribution in [0.4, 0.5) is 0 Å². The van der Waals surface area contributed by atoms with Crippen molar-refractivity contribution in [1.29, 1.82) is 0 Å². The number of aromatic nitrogens is 3. The molecule has 152 valence electrons. The number of hydrogen-bond donors (Lipinski definition) is 1. The molecule has 1 amide bonds. The summed E-state index contributed by atoms with van der Waals surface area (Å²) in [4.78, 5) is 42.4. The molecule has 1 fully saturated rings. The monoisotopic (exact) mass is 406 g/mol. The first-order valence-corrected chi connectivity index (χ1v) is 10.5. The first-order valence-electron chi connectivity index (χ1n) is 9.52. The smallest absolute Gasteiger partial charge is 0.332 e. The third kappa shape index (κ3) is 4.15. The molecule has 0 unspecified atom stereocenters. The van der Waals surface area contributed by atoms with Crippen LogP contribution in [-0.2, 0) is 30.0 Å². The highest BCUT2D eigenvalue weighted by atomic mass is 32.2. The van der Waals surface area contributed by atoms with Crippen molar-refractivity contribution in [2.45, 2.75) is 43.6 Å². The second kappa shape index (κ2) is 8.91. The Bertz CT molecular complexity index is 992. The maximum atomic E-state index is 12.8. The molecule has 1 atom stereocenters. The molecule has 2 aromatic rings. The summed E-state index contributed by atoms with van der Waals surface area (Å²) in [7, 11) is 3.05. The van der Waals surface area contributed by atoms with Crippen LogP contribution in [0.5, 0.6) is 0 Å². The minimum absolute atomic E-state index is 0.0909. The Kier molecular flexibility index (Phi) is 6.56. The summed E-state index contributed by atoms with van der Waals surface area (Å²) in [6, 6.07) is 0. The number of fused-ring (bicyclic) bond motifs is 1. The van der Waals surface area contributed by atoms with Crippen LogP contribution in [0.1, 0.15) is 31.7 Å². The average molecular weight is 407 g/mol. The molecule has 0 radical (unpaired) electrons. The van der Waals surface area contributed by atoms with E-state index in [0.717, 1.165) is 47.3 Å². The predicted octanol–water partition coefficient (Wildman–Crippen LogP) is 0.972. The lowest BCUT2D eigenvalue weighted by molar-refractivity contribution is -0.119. The van der Waals surface area contributed by atoms with Crippen LogP contribution in [0.3, 0.4) is 0 Å². The van der Waals surface area contributed by atoms with Gasteiger partial charge in [0.2, 0.25) is 5.91 Å². The molecule has 1 aliphatic rings. The zero-order valence-electron chi connectivity index (χ0n) is 16.5. The molecule has 0 aliphatic carbocycles. The second-order valence-corrected chi connectivity index (χ2v) is 7.98. The fraction of sp³-hybridized carbons (Fsp3) is 0.579. The topological polar surface area (TPSA) is 95.2 Å². The van der Waals surface area contributed by atoms with Crippen molar-refractivity contribution in [3.8, 4) is 0 Å². The van der Waals surface area contributed by atoms with Crippen molar-refractivity contribution in [3.05, 3.63) is 32.6 Å². The zero-order valence-corrected chi connectivity index (χ0v) is 17.3. The largest absolute Gasteiger partial charge is 0.376 e. The Balaban J connectivity index is 1.89. The number of amides is 1. The summed E-state index contributed by atoms with van der Waals surface area (Å²) in [6.07, 6.45) is 5.42. The maximum absolute atomic E-state index is 12.8. The van der Waals surface area contributed by atoms with Gasteiger partial charge in [-0.25, -0.2) is 9.78 Å². The maximum Gasteiger partial charge on any atom is 0.332 e. The number of aryl methyl sites for hydroxylation is 2. The molecule has 9 heteroatoms. The Morgan fingerprint density at radius 1 is 1.36 bits per heavy atom. The number of nitrogens with one attached hydrogen (secondary N) is 1. The van der Waals surface area contributed by atoms with Gasteiger partial charge in [0.15, 0.2) is 0 Å². The van der Waals surface area contributed by atoms with Crippen molar-refractivity contribution >= 4 is 28.7 Å². The van der Waals surface area contributed by atoms with Gasteiger partial charge in [-0.15, -0.1) is 11.8 Å². The standard InChI is InChI=1S/C19H26N4O4S/c1-4-6-12-9-21-17-15(18(25)23(3)19(26)22(17)2)16(12)28-11-14(24)20-10-13-7-5-8-27-13/h9,13H,4-8,10-11H2,1-3H3,(H,20,24)/t13-/m1/s1. The minimum atomic E-state index is -0.418. The number of thioether (sulfide) groups is 1. The normalized spacial score (nSPS) is 16.6. The number of carbonyl (C=O) groups excluding carboxylic acids is 1. The molecule has 3 heterocycles. The zero-order chi connectivity index (χ0) is 20.3. The summed E-state index contributed by atoms with van der Waals surface area (Å²) in [5, 5.41) is 3.30. The van der Waals surface area contributed by atoms with Gasteiger partial charge in [-0.05, 0) is 24.8 Å². The van der Waals surface area contributed by atoms with E-state index in [1.54, 1.807) is 13.2 Å². The molecule has 28 heavy (non-hydrogen) atoms. The molecule has 0 saturated carbocycles. The van der Waals surface area contributed by atoms with E-state index >= 15 is 0 Å². The van der Waals surface area contributed by atoms with Crippen LogP contribution in [0.15, 0.2) is 20.7 Å². The van der Waals surface area contributed by atoms with Gasteiger partial charge in [-0.3, -0.25) is 18.7 Å². The highest BCUT2D eigenvalue weighted by Gasteiger charge is 2.19. The molecular formula is C19H26N4O4S. The fourth-order valence-electron chi connectivity index (χ4n) is 3.38. The Hall–Kier alpha value is -2.13. The quantitative estimate of drug-likeness (QED) is 0.689. The first kappa shape index (κ1) is 20.6. The lowest BCUT2D eigenvalue weighted by Gasteiger charge is -2.14. The molecule has 0 spiro atoms. The van der Waals surface area contributed by atoms with Crippen LogP contribution < -0.4 is 16.6 Å². The number of rotatable bonds is 7. The Morgan fingerprint density at radius 3 is 2.82 bits per heavy atom. The van der Waals surface area contributed by atoms with Crippen LogP contribution >= 0.6 is 11.8 Å².